The van der Waals surface area contributed by atoms with Crippen molar-refractivity contribution in [3.8, 4) is 16.9 Å². The number of likely N-dealkylation sites (N-methyl/N-ethyl adjacent to an activating group) is 1. The van der Waals surface area contributed by atoms with E-state index in [2.05, 4.69) is 10.6 Å². The Kier molecular flexibility index (Phi) is 12.7. The molecule has 222 valence electrons. The summed E-state index contributed by atoms with van der Waals surface area (Å²) in [6.45, 7) is 3.61. The first-order valence-corrected chi connectivity index (χ1v) is 14.2. The normalized spacial score (nSPS) is 13.0. The second-order valence-electron chi connectivity index (χ2n) is 9.03. The molecule has 0 saturated carbocycles. The lowest BCUT2D eigenvalue weighted by Gasteiger charge is -2.22. The van der Waals surface area contributed by atoms with Crippen LogP contribution in [0.2, 0.25) is 0 Å². The molecule has 0 fully saturated rings. The van der Waals surface area contributed by atoms with Crippen LogP contribution in [0.5, 0.6) is 5.75 Å². The van der Waals surface area contributed by atoms with Gasteiger partial charge in [0.05, 0.1) is 0 Å². The number of thioether (sulfide) groups is 2. The first-order valence-electron chi connectivity index (χ1n) is 12.2. The van der Waals surface area contributed by atoms with Gasteiger partial charge >= 0.3 is 5.97 Å². The molecule has 2 rings (SSSR count). The quantitative estimate of drug-likeness (QED) is 0.188. The Bertz CT molecular complexity index is 1310. The SMILES string of the molecule is CC(=O)N[C@H](CSC(O)c1cc(-c2ccc(F)cc2F)ccc1OC(C)=O)C(=O)SC[C@@H](NC(C)=O)C(=O)N(C)C. The van der Waals surface area contributed by atoms with Gasteiger partial charge < -0.3 is 25.4 Å². The highest BCUT2D eigenvalue weighted by molar-refractivity contribution is 8.14. The van der Waals surface area contributed by atoms with E-state index in [9.17, 15) is 37.9 Å². The lowest BCUT2D eigenvalue weighted by molar-refractivity contribution is -0.133. The van der Waals surface area contributed by atoms with E-state index >= 15 is 0 Å². The fourth-order valence-electron chi connectivity index (χ4n) is 3.57. The third kappa shape index (κ3) is 10.4. The van der Waals surface area contributed by atoms with E-state index in [4.69, 9.17) is 4.74 Å². The fraction of sp³-hybridized carbons (Fsp3) is 0.370. The number of rotatable bonds is 12. The lowest BCUT2D eigenvalue weighted by Crippen LogP contribution is -2.48. The maximum absolute atomic E-state index is 14.4. The molecule has 3 atom stereocenters. The highest BCUT2D eigenvalue weighted by atomic mass is 32.2. The van der Waals surface area contributed by atoms with Gasteiger partial charge in [0.2, 0.25) is 22.8 Å². The third-order valence-corrected chi connectivity index (χ3v) is 7.53. The molecule has 0 aliphatic heterocycles. The summed E-state index contributed by atoms with van der Waals surface area (Å²) in [7, 11) is 3.01. The Morgan fingerprint density at radius 3 is 2.12 bits per heavy atom. The Morgan fingerprint density at radius 2 is 1.56 bits per heavy atom. The Hall–Kier alpha value is -3.49. The van der Waals surface area contributed by atoms with E-state index in [1.54, 1.807) is 0 Å². The number of hydrogen-bond donors (Lipinski definition) is 3. The van der Waals surface area contributed by atoms with Gasteiger partial charge in [-0.25, -0.2) is 8.78 Å². The molecule has 0 spiro atoms. The predicted octanol–water partition coefficient (Wildman–Crippen LogP) is 2.64. The predicted molar refractivity (Wildman–Crippen MR) is 152 cm³/mol. The molecule has 41 heavy (non-hydrogen) atoms. The monoisotopic (exact) mass is 611 g/mol. The van der Waals surface area contributed by atoms with Crippen molar-refractivity contribution in [2.24, 2.45) is 0 Å². The fourth-order valence-corrected chi connectivity index (χ4v) is 5.55. The number of esters is 1. The molecule has 0 aliphatic rings. The summed E-state index contributed by atoms with van der Waals surface area (Å²) >= 11 is 1.56. The molecule has 0 aliphatic carbocycles. The van der Waals surface area contributed by atoms with Gasteiger partial charge in [0.15, 0.2) is 0 Å². The maximum atomic E-state index is 14.4. The zero-order valence-electron chi connectivity index (χ0n) is 23.0. The van der Waals surface area contributed by atoms with E-state index in [1.165, 1.54) is 57.1 Å². The van der Waals surface area contributed by atoms with Crippen molar-refractivity contribution in [3.63, 3.8) is 0 Å². The van der Waals surface area contributed by atoms with Gasteiger partial charge in [-0.1, -0.05) is 17.8 Å². The van der Waals surface area contributed by atoms with Crippen LogP contribution < -0.4 is 15.4 Å². The van der Waals surface area contributed by atoms with Crippen molar-refractivity contribution in [3.05, 3.63) is 53.6 Å². The van der Waals surface area contributed by atoms with Gasteiger partial charge in [0.1, 0.15) is 34.9 Å². The Morgan fingerprint density at radius 1 is 0.927 bits per heavy atom. The maximum Gasteiger partial charge on any atom is 0.308 e. The van der Waals surface area contributed by atoms with Crippen LogP contribution >= 0.6 is 23.5 Å². The van der Waals surface area contributed by atoms with Crippen molar-refractivity contribution in [2.45, 2.75) is 38.3 Å². The highest BCUT2D eigenvalue weighted by Gasteiger charge is 2.27. The molecule has 3 amide bonds. The number of aliphatic hydroxyl groups excluding tert-OH is 1. The van der Waals surface area contributed by atoms with E-state index < -0.39 is 58.0 Å². The molecule has 3 N–H and O–H groups in total. The minimum absolute atomic E-state index is 0.0131. The van der Waals surface area contributed by atoms with Crippen LogP contribution in [0.15, 0.2) is 36.4 Å². The number of nitrogens with one attached hydrogen (secondary N) is 2. The van der Waals surface area contributed by atoms with Gasteiger partial charge in [-0.2, -0.15) is 0 Å². The summed E-state index contributed by atoms with van der Waals surface area (Å²) in [5.41, 5.74) is -1.00. The second-order valence-corrected chi connectivity index (χ2v) is 11.2. The Balaban J connectivity index is 2.26. The van der Waals surface area contributed by atoms with Crippen molar-refractivity contribution in [2.75, 3.05) is 25.6 Å². The van der Waals surface area contributed by atoms with Crippen molar-refractivity contribution in [1.82, 2.24) is 15.5 Å². The van der Waals surface area contributed by atoms with Crippen molar-refractivity contribution in [1.29, 1.82) is 0 Å². The zero-order valence-corrected chi connectivity index (χ0v) is 24.7. The largest absolute Gasteiger partial charge is 0.426 e. The minimum atomic E-state index is -1.40. The van der Waals surface area contributed by atoms with Gasteiger partial charge in [-0.15, -0.1) is 11.8 Å². The van der Waals surface area contributed by atoms with Gasteiger partial charge in [-0.3, -0.25) is 24.0 Å². The summed E-state index contributed by atoms with van der Waals surface area (Å²) < 4.78 is 33.0. The highest BCUT2D eigenvalue weighted by Crippen LogP contribution is 2.37. The molecular weight excluding hydrogens is 580 g/mol. The number of benzene rings is 2. The van der Waals surface area contributed by atoms with E-state index in [0.717, 1.165) is 36.5 Å². The summed E-state index contributed by atoms with van der Waals surface area (Å²) in [6.07, 6.45) is 0. The van der Waals surface area contributed by atoms with Crippen LogP contribution in [0.1, 0.15) is 31.8 Å². The molecular formula is C27H31F2N3O7S2. The molecule has 1 unspecified atom stereocenters. The summed E-state index contributed by atoms with van der Waals surface area (Å²) in [5, 5.41) is 15.5. The van der Waals surface area contributed by atoms with Crippen molar-refractivity contribution < 1.29 is 42.6 Å². The average molecular weight is 612 g/mol. The molecule has 10 nitrogen and oxygen atoms in total. The topological polar surface area (TPSA) is 142 Å². The Labute approximate surface area is 244 Å². The molecule has 0 heterocycles. The van der Waals surface area contributed by atoms with Crippen LogP contribution in [0.25, 0.3) is 11.1 Å². The number of halogens is 2. The van der Waals surface area contributed by atoms with Crippen LogP contribution in [0.4, 0.5) is 8.78 Å². The summed E-state index contributed by atoms with van der Waals surface area (Å²) in [5.74, 6) is -3.91. The van der Waals surface area contributed by atoms with E-state index in [-0.39, 0.29) is 33.9 Å². The number of aliphatic hydroxyl groups is 1. The second kappa shape index (κ2) is 15.5. The zero-order chi connectivity index (χ0) is 30.9. The van der Waals surface area contributed by atoms with Crippen molar-refractivity contribution >= 4 is 52.3 Å². The third-order valence-electron chi connectivity index (χ3n) is 5.36. The van der Waals surface area contributed by atoms with Gasteiger partial charge in [0, 0.05) is 63.6 Å². The van der Waals surface area contributed by atoms with Gasteiger partial charge in [-0.05, 0) is 29.8 Å². The van der Waals surface area contributed by atoms with Crippen LogP contribution in [0.3, 0.4) is 0 Å². The number of hydrogen-bond acceptors (Lipinski definition) is 9. The molecule has 0 radical (unpaired) electrons. The first kappa shape index (κ1) is 33.7. The number of carbonyl (C=O) groups is 5. The molecule has 2 aromatic rings. The molecule has 0 bridgehead atoms. The lowest BCUT2D eigenvalue weighted by atomic mass is 10.0. The number of nitrogens with zero attached hydrogens (tertiary/aromatic N) is 1. The smallest absolute Gasteiger partial charge is 0.308 e. The molecule has 0 aromatic heterocycles. The van der Waals surface area contributed by atoms with Crippen LogP contribution in [-0.2, 0) is 24.0 Å². The first-order chi connectivity index (χ1) is 19.2. The van der Waals surface area contributed by atoms with Gasteiger partial charge in [0.25, 0.3) is 0 Å². The minimum Gasteiger partial charge on any atom is -0.426 e. The van der Waals surface area contributed by atoms with Crippen LogP contribution in [-0.4, -0.2) is 76.5 Å². The van der Waals surface area contributed by atoms with E-state index in [0.29, 0.717) is 6.07 Å². The summed E-state index contributed by atoms with van der Waals surface area (Å²) in [6, 6.07) is 5.11. The number of amides is 3. The van der Waals surface area contributed by atoms with E-state index in [1.807, 2.05) is 0 Å². The molecule has 0 saturated heterocycles. The standard InChI is InChI=1S/C27H31F2N3O7S2/c1-14(33)30-22(25(36)32(4)5)12-41-27(38)23(31-15(2)34)13-40-26(37)20-10-17(6-9-24(20)39-16(3)35)19-8-7-18(28)11-21(19)29/h6-11,22-23,26,37H,12-13H2,1-5H3,(H,30,33)(H,31,34)/t22-,23-,26?/m1/s1. The summed E-state index contributed by atoms with van der Waals surface area (Å²) in [4.78, 5) is 61.6. The molecule has 2 aromatic carbocycles. The number of carbonyl (C=O) groups excluding carboxylic acids is 5. The average Bonchev–Trinajstić information content (AvgIpc) is 2.87. The molecule has 14 heteroatoms. The van der Waals surface area contributed by atoms with Crippen LogP contribution in [0, 0.1) is 11.6 Å². The number of ether oxygens (including phenoxy) is 1.